The van der Waals surface area contributed by atoms with Gasteiger partial charge in [0.05, 0.1) is 38.7 Å². The second kappa shape index (κ2) is 15.0. The van der Waals surface area contributed by atoms with Gasteiger partial charge in [-0.3, -0.25) is 18.5 Å². The van der Waals surface area contributed by atoms with Crippen molar-refractivity contribution < 1.29 is 4.57 Å². The van der Waals surface area contributed by atoms with Gasteiger partial charge in [0, 0.05) is 49.7 Å². The third-order valence-corrected chi connectivity index (χ3v) is 15.6. The molecule has 0 radical (unpaired) electrons. The van der Waals surface area contributed by atoms with Gasteiger partial charge in [-0.15, -0.1) is 0 Å². The van der Waals surface area contributed by atoms with E-state index in [1.165, 1.54) is 0 Å². The highest BCUT2D eigenvalue weighted by Gasteiger charge is 2.49. The summed E-state index contributed by atoms with van der Waals surface area (Å²) in [5.41, 5.74) is 10.1. The largest absolute Gasteiger partial charge is 0.307 e. The van der Waals surface area contributed by atoms with E-state index < -0.39 is 7.44 Å². The maximum absolute atomic E-state index is 16.5. The first-order chi connectivity index (χ1) is 32.6. The summed E-state index contributed by atoms with van der Waals surface area (Å²) < 4.78 is 25.2. The molecule has 0 spiro atoms. The highest BCUT2D eigenvalue weighted by molar-refractivity contribution is 7.76. The van der Waals surface area contributed by atoms with Gasteiger partial charge in [-0.05, 0) is 66.7 Å². The predicted octanol–water partition coefficient (Wildman–Crippen LogP) is 14.2. The molecule has 312 valence electrons. The maximum Gasteiger partial charge on any atom is 0.301 e. The molecule has 0 saturated carbocycles. The number of nitrogens with zero attached hydrogens (tertiary/aromatic N) is 7. The van der Waals surface area contributed by atoms with Crippen LogP contribution in [0.15, 0.2) is 231 Å². The average molecular weight is 868 g/mol. The van der Waals surface area contributed by atoms with Gasteiger partial charge in [0.2, 0.25) is 5.95 Å². The molecule has 3 aromatic heterocycles. The summed E-state index contributed by atoms with van der Waals surface area (Å²) in [6, 6.07) is 78.3. The van der Waals surface area contributed by atoms with Crippen LogP contribution in [0.2, 0.25) is 0 Å². The second-order valence-electron chi connectivity index (χ2n) is 16.4. The van der Waals surface area contributed by atoms with Gasteiger partial charge < -0.3 is 4.57 Å². The fourth-order valence-electron chi connectivity index (χ4n) is 9.84. The van der Waals surface area contributed by atoms with Crippen molar-refractivity contribution in [3.8, 4) is 34.4 Å². The van der Waals surface area contributed by atoms with Crippen molar-refractivity contribution in [3.05, 3.63) is 231 Å². The molecule has 0 fully saturated rings. The SMILES string of the molecule is O=P1(c2ccccc2)N(c2ccccc2)c2ccc(-n3c4ccccc4c4ccc5c6ccccc6n(-c6nc(-c7ccccc7)nc(-c7ccccc7)n6)c5c43)cc2N1c1ccccc1. The molecule has 9 heteroatoms. The van der Waals surface area contributed by atoms with Gasteiger partial charge in [-0.1, -0.05) is 164 Å². The number of hydrogen-bond acceptors (Lipinski definition) is 4. The Kier molecular flexibility index (Phi) is 8.63. The fraction of sp³-hybridized carbons (Fsp3) is 0. The number of hydrogen-bond donors (Lipinski definition) is 0. The lowest BCUT2D eigenvalue weighted by Crippen LogP contribution is -2.26. The summed E-state index contributed by atoms with van der Waals surface area (Å²) in [5.74, 6) is 1.69. The van der Waals surface area contributed by atoms with Crippen molar-refractivity contribution >= 4 is 79.1 Å². The number of fused-ring (bicyclic) bond motifs is 8. The van der Waals surface area contributed by atoms with Crippen LogP contribution in [0.3, 0.4) is 0 Å². The zero-order chi connectivity index (χ0) is 43.8. The van der Waals surface area contributed by atoms with Crippen molar-refractivity contribution in [2.75, 3.05) is 9.34 Å². The normalized spacial score (nSPS) is 14.7. The Hall–Kier alpha value is -8.58. The number of benzene rings is 9. The van der Waals surface area contributed by atoms with Crippen LogP contribution in [0.25, 0.3) is 78.0 Å². The third-order valence-electron chi connectivity index (χ3n) is 12.7. The number of aromatic nitrogens is 5. The lowest BCUT2D eigenvalue weighted by molar-refractivity contribution is 0.582. The summed E-state index contributed by atoms with van der Waals surface area (Å²) >= 11 is 0. The van der Waals surface area contributed by atoms with E-state index in [1.54, 1.807) is 0 Å². The first kappa shape index (κ1) is 37.9. The van der Waals surface area contributed by atoms with Crippen LogP contribution >= 0.6 is 7.44 Å². The van der Waals surface area contributed by atoms with Crippen LogP contribution in [0, 0.1) is 0 Å². The molecule has 13 rings (SSSR count). The van der Waals surface area contributed by atoms with E-state index in [0.717, 1.165) is 88.5 Å². The summed E-state index contributed by atoms with van der Waals surface area (Å²) in [6.45, 7) is 0. The molecule has 8 nitrogen and oxygen atoms in total. The Balaban J connectivity index is 1.14. The Morgan fingerprint density at radius 2 is 0.788 bits per heavy atom. The van der Waals surface area contributed by atoms with Gasteiger partial charge in [0.1, 0.15) is 0 Å². The fourth-order valence-corrected chi connectivity index (χ4v) is 12.8. The minimum Gasteiger partial charge on any atom is -0.307 e. The molecule has 66 heavy (non-hydrogen) atoms. The van der Waals surface area contributed by atoms with Gasteiger partial charge in [0.25, 0.3) is 0 Å². The highest BCUT2D eigenvalue weighted by Crippen LogP contribution is 2.70. The lowest BCUT2D eigenvalue weighted by atomic mass is 10.1. The molecule has 1 aliphatic rings. The molecule has 1 aliphatic heterocycles. The predicted molar refractivity (Wildman–Crippen MR) is 270 cm³/mol. The van der Waals surface area contributed by atoms with Crippen molar-refractivity contribution in [1.82, 2.24) is 24.1 Å². The van der Waals surface area contributed by atoms with E-state index in [2.05, 4.69) is 92.7 Å². The van der Waals surface area contributed by atoms with Gasteiger partial charge in [0.15, 0.2) is 11.6 Å². The first-order valence-corrected chi connectivity index (χ1v) is 23.6. The summed E-state index contributed by atoms with van der Waals surface area (Å²) in [4.78, 5) is 15.7. The van der Waals surface area contributed by atoms with E-state index in [9.17, 15) is 0 Å². The quantitative estimate of drug-likeness (QED) is 0.149. The Morgan fingerprint density at radius 1 is 0.348 bits per heavy atom. The molecule has 0 saturated heterocycles. The van der Waals surface area contributed by atoms with Crippen LogP contribution in [0.4, 0.5) is 22.7 Å². The zero-order valence-electron chi connectivity index (χ0n) is 35.4. The topological polar surface area (TPSA) is 72.1 Å². The number of anilines is 4. The standard InChI is InChI=1S/C57H38N7OP/c65-66(44-28-14-5-15-29-44)63(41-24-10-3-11-25-41)51-37-34-43(38-52(51)64(66)42-26-12-4-13-27-42)61-49-32-18-16-30-45(49)47-35-36-48-46-31-17-19-33-50(46)62(54(48)53(47)61)57-59-55(39-20-6-1-7-21-39)58-56(60-57)40-22-8-2-9-23-40/h1-38H. The monoisotopic (exact) mass is 867 g/mol. The van der Waals surface area contributed by atoms with E-state index in [-0.39, 0.29) is 0 Å². The Bertz CT molecular complexity index is 3800. The minimum atomic E-state index is -3.60. The molecule has 9 aromatic carbocycles. The maximum atomic E-state index is 16.5. The Labute approximate surface area is 380 Å². The van der Waals surface area contributed by atoms with Crippen LogP contribution < -0.4 is 14.6 Å². The van der Waals surface area contributed by atoms with E-state index >= 15 is 4.57 Å². The molecule has 0 amide bonds. The molecule has 12 aromatic rings. The van der Waals surface area contributed by atoms with Crippen LogP contribution in [0.1, 0.15) is 0 Å². The van der Waals surface area contributed by atoms with Gasteiger partial charge in [-0.2, -0.15) is 9.97 Å². The van der Waals surface area contributed by atoms with Crippen molar-refractivity contribution in [3.63, 3.8) is 0 Å². The van der Waals surface area contributed by atoms with Crippen molar-refractivity contribution in [2.24, 2.45) is 0 Å². The second-order valence-corrected chi connectivity index (χ2v) is 18.8. The van der Waals surface area contributed by atoms with Gasteiger partial charge in [-0.25, -0.2) is 4.98 Å². The molecule has 0 bridgehead atoms. The first-order valence-electron chi connectivity index (χ1n) is 22.0. The minimum absolute atomic E-state index is 0.518. The molecule has 0 aliphatic carbocycles. The van der Waals surface area contributed by atoms with Crippen LogP contribution in [-0.4, -0.2) is 24.1 Å². The zero-order valence-corrected chi connectivity index (χ0v) is 36.3. The molecule has 4 heterocycles. The molecular weight excluding hydrogens is 830 g/mol. The highest BCUT2D eigenvalue weighted by atomic mass is 31.2. The molecule has 1 atom stereocenters. The van der Waals surface area contributed by atoms with E-state index in [1.807, 2.05) is 156 Å². The lowest BCUT2D eigenvalue weighted by Gasteiger charge is -2.33. The number of para-hydroxylation sites is 4. The summed E-state index contributed by atoms with van der Waals surface area (Å²) in [6.07, 6.45) is 0. The van der Waals surface area contributed by atoms with E-state index in [4.69, 9.17) is 15.0 Å². The van der Waals surface area contributed by atoms with Crippen molar-refractivity contribution in [2.45, 2.75) is 0 Å². The smallest absolute Gasteiger partial charge is 0.301 e. The molecule has 0 N–H and O–H groups in total. The average Bonchev–Trinajstić information content (AvgIpc) is 4.01. The van der Waals surface area contributed by atoms with Crippen molar-refractivity contribution in [1.29, 1.82) is 0 Å². The van der Waals surface area contributed by atoms with Crippen LogP contribution in [0.5, 0.6) is 0 Å². The molecular formula is C57H38N7OP. The molecule has 1 unspecified atom stereocenters. The number of rotatable bonds is 7. The summed E-state index contributed by atoms with van der Waals surface area (Å²) in [7, 11) is -3.60. The van der Waals surface area contributed by atoms with Crippen LogP contribution in [-0.2, 0) is 4.57 Å². The Morgan fingerprint density at radius 3 is 1.33 bits per heavy atom. The summed E-state index contributed by atoms with van der Waals surface area (Å²) in [5, 5.41) is 5.09. The van der Waals surface area contributed by atoms with Gasteiger partial charge >= 0.3 is 7.44 Å². The van der Waals surface area contributed by atoms with E-state index in [0.29, 0.717) is 17.6 Å². The third kappa shape index (κ3) is 5.72.